The van der Waals surface area contributed by atoms with Crippen LogP contribution in [0.25, 0.3) is 5.69 Å². The van der Waals surface area contributed by atoms with Gasteiger partial charge in [-0.15, -0.1) is 5.10 Å². The van der Waals surface area contributed by atoms with E-state index in [1.807, 2.05) is 31.2 Å². The topological polar surface area (TPSA) is 60.7 Å². The van der Waals surface area contributed by atoms with Gasteiger partial charge in [-0.3, -0.25) is 4.79 Å². The number of Topliss-reactive ketones (excluding diaryl/α,β-unsaturated/α-hetero) is 1. The minimum atomic E-state index is 0.159. The maximum absolute atomic E-state index is 10.9. The lowest BCUT2D eigenvalue weighted by atomic mass is 10.1. The van der Waals surface area contributed by atoms with Crippen molar-refractivity contribution in [1.82, 2.24) is 20.2 Å². The molecule has 0 unspecified atom stereocenters. The number of nitrogens with zero attached hydrogens (tertiary/aromatic N) is 4. The van der Waals surface area contributed by atoms with Crippen molar-refractivity contribution in [3.8, 4) is 5.69 Å². The van der Waals surface area contributed by atoms with Gasteiger partial charge in [0.25, 0.3) is 0 Å². The van der Waals surface area contributed by atoms with Crippen LogP contribution in [0.1, 0.15) is 18.3 Å². The first-order chi connectivity index (χ1) is 7.66. The Labute approximate surface area is 93.1 Å². The number of aromatic nitrogens is 4. The second-order valence-electron chi connectivity index (χ2n) is 3.68. The van der Waals surface area contributed by atoms with Gasteiger partial charge in [0.1, 0.15) is 5.78 Å². The third kappa shape index (κ3) is 2.13. The highest BCUT2D eigenvalue weighted by Gasteiger charge is 2.03. The smallest absolute Gasteiger partial charge is 0.153 e. The minimum Gasteiger partial charge on any atom is -0.300 e. The zero-order valence-electron chi connectivity index (χ0n) is 9.21. The Bertz CT molecular complexity index is 501. The third-order valence-electron chi connectivity index (χ3n) is 2.26. The maximum Gasteiger partial charge on any atom is 0.153 e. The molecule has 82 valence electrons. The van der Waals surface area contributed by atoms with E-state index in [4.69, 9.17) is 0 Å². The summed E-state index contributed by atoms with van der Waals surface area (Å²) in [7, 11) is 0. The number of carbonyl (C=O) groups excluding carboxylic acids is 1. The molecule has 2 rings (SSSR count). The normalized spacial score (nSPS) is 10.4. The van der Waals surface area contributed by atoms with Crippen LogP contribution in [-0.4, -0.2) is 26.0 Å². The zero-order valence-corrected chi connectivity index (χ0v) is 9.21. The number of carbonyl (C=O) groups is 1. The monoisotopic (exact) mass is 216 g/mol. The molecule has 0 atom stereocenters. The Hall–Kier alpha value is -2.04. The fourth-order valence-electron chi connectivity index (χ4n) is 1.51. The van der Waals surface area contributed by atoms with E-state index < -0.39 is 0 Å². The van der Waals surface area contributed by atoms with Gasteiger partial charge in [-0.1, -0.05) is 12.1 Å². The van der Waals surface area contributed by atoms with Crippen molar-refractivity contribution >= 4 is 5.78 Å². The maximum atomic E-state index is 10.9. The first kappa shape index (κ1) is 10.5. The van der Waals surface area contributed by atoms with Crippen LogP contribution in [0.2, 0.25) is 0 Å². The lowest BCUT2D eigenvalue weighted by Crippen LogP contribution is -2.01. The largest absolute Gasteiger partial charge is 0.300 e. The van der Waals surface area contributed by atoms with Gasteiger partial charge in [-0.25, -0.2) is 0 Å². The molecule has 0 amide bonds. The van der Waals surface area contributed by atoms with Gasteiger partial charge < -0.3 is 0 Å². The van der Waals surface area contributed by atoms with Gasteiger partial charge in [-0.2, -0.15) is 4.68 Å². The molecule has 0 fully saturated rings. The van der Waals surface area contributed by atoms with Crippen LogP contribution < -0.4 is 0 Å². The predicted octanol–water partition coefficient (Wildman–Crippen LogP) is 1.10. The van der Waals surface area contributed by atoms with Crippen LogP contribution in [0.15, 0.2) is 24.3 Å². The Balaban J connectivity index is 2.26. The average Bonchev–Trinajstić information content (AvgIpc) is 2.65. The lowest BCUT2D eigenvalue weighted by Gasteiger charge is -2.02. The van der Waals surface area contributed by atoms with Gasteiger partial charge in [0, 0.05) is 6.42 Å². The van der Waals surface area contributed by atoms with Crippen molar-refractivity contribution in [2.24, 2.45) is 0 Å². The van der Waals surface area contributed by atoms with E-state index in [0.29, 0.717) is 6.42 Å². The average molecular weight is 216 g/mol. The molecule has 0 aliphatic rings. The summed E-state index contributed by atoms with van der Waals surface area (Å²) in [5.41, 5.74) is 1.90. The van der Waals surface area contributed by atoms with Crippen LogP contribution in [-0.2, 0) is 11.2 Å². The Morgan fingerprint density at radius 3 is 2.50 bits per heavy atom. The van der Waals surface area contributed by atoms with E-state index >= 15 is 0 Å². The van der Waals surface area contributed by atoms with E-state index in [1.54, 1.807) is 11.6 Å². The van der Waals surface area contributed by atoms with E-state index in [-0.39, 0.29) is 5.78 Å². The first-order valence-corrected chi connectivity index (χ1v) is 5.00. The molecular formula is C11H12N4O. The fourth-order valence-corrected chi connectivity index (χ4v) is 1.51. The number of benzene rings is 1. The summed E-state index contributed by atoms with van der Waals surface area (Å²) in [6, 6.07) is 7.64. The Morgan fingerprint density at radius 1 is 1.31 bits per heavy atom. The Morgan fingerprint density at radius 2 is 2.00 bits per heavy atom. The van der Waals surface area contributed by atoms with Crippen molar-refractivity contribution in [3.63, 3.8) is 0 Å². The van der Waals surface area contributed by atoms with Gasteiger partial charge in [0.2, 0.25) is 0 Å². The Kier molecular flexibility index (Phi) is 2.76. The molecular weight excluding hydrogens is 204 g/mol. The zero-order chi connectivity index (χ0) is 11.5. The van der Waals surface area contributed by atoms with Crippen LogP contribution >= 0.6 is 0 Å². The summed E-state index contributed by atoms with van der Waals surface area (Å²) in [4.78, 5) is 10.9. The number of rotatable bonds is 3. The van der Waals surface area contributed by atoms with Crippen molar-refractivity contribution in [3.05, 3.63) is 35.7 Å². The molecule has 5 heteroatoms. The van der Waals surface area contributed by atoms with E-state index in [0.717, 1.165) is 17.1 Å². The van der Waals surface area contributed by atoms with Gasteiger partial charge in [0.05, 0.1) is 5.69 Å². The predicted molar refractivity (Wildman–Crippen MR) is 58.3 cm³/mol. The highest BCUT2D eigenvalue weighted by molar-refractivity contribution is 5.78. The number of hydrogen-bond donors (Lipinski definition) is 0. The molecule has 16 heavy (non-hydrogen) atoms. The van der Waals surface area contributed by atoms with Crippen LogP contribution in [0.4, 0.5) is 0 Å². The highest BCUT2D eigenvalue weighted by atomic mass is 16.1. The molecule has 0 aliphatic carbocycles. The molecule has 0 bridgehead atoms. The fraction of sp³-hybridized carbons (Fsp3) is 0.273. The summed E-state index contributed by atoms with van der Waals surface area (Å²) in [6.07, 6.45) is 0.467. The summed E-state index contributed by atoms with van der Waals surface area (Å²) in [6.45, 7) is 3.42. The van der Waals surface area contributed by atoms with Crippen molar-refractivity contribution in [1.29, 1.82) is 0 Å². The summed E-state index contributed by atoms with van der Waals surface area (Å²) < 4.78 is 1.65. The van der Waals surface area contributed by atoms with E-state index in [1.165, 1.54) is 0 Å². The molecule has 1 heterocycles. The molecule has 5 nitrogen and oxygen atoms in total. The summed E-state index contributed by atoms with van der Waals surface area (Å²) in [5.74, 6) is 0.894. The second kappa shape index (κ2) is 4.22. The summed E-state index contributed by atoms with van der Waals surface area (Å²) >= 11 is 0. The van der Waals surface area contributed by atoms with Crippen molar-refractivity contribution in [2.75, 3.05) is 0 Å². The molecule has 0 spiro atoms. The molecule has 0 N–H and O–H groups in total. The van der Waals surface area contributed by atoms with Crippen LogP contribution in [0.5, 0.6) is 0 Å². The minimum absolute atomic E-state index is 0.159. The molecule has 0 saturated carbocycles. The molecule has 0 aliphatic heterocycles. The molecule has 1 aromatic carbocycles. The molecule has 2 aromatic rings. The van der Waals surface area contributed by atoms with E-state index in [9.17, 15) is 4.79 Å². The molecule has 0 radical (unpaired) electrons. The first-order valence-electron chi connectivity index (χ1n) is 5.00. The standard InChI is InChI=1S/C11H12N4O/c1-8(16)7-10-3-5-11(6-4-10)15-9(2)12-13-14-15/h3-6H,7H2,1-2H3. The number of tetrazole rings is 1. The van der Waals surface area contributed by atoms with Crippen LogP contribution in [0, 0.1) is 6.92 Å². The van der Waals surface area contributed by atoms with Crippen LogP contribution in [0.3, 0.4) is 0 Å². The lowest BCUT2D eigenvalue weighted by molar-refractivity contribution is -0.116. The second-order valence-corrected chi connectivity index (χ2v) is 3.68. The molecule has 1 aromatic heterocycles. The number of aryl methyl sites for hydroxylation is 1. The number of ketones is 1. The number of hydrogen-bond acceptors (Lipinski definition) is 4. The summed E-state index contributed by atoms with van der Waals surface area (Å²) in [5, 5.41) is 11.3. The quantitative estimate of drug-likeness (QED) is 0.770. The highest BCUT2D eigenvalue weighted by Crippen LogP contribution is 2.10. The van der Waals surface area contributed by atoms with Gasteiger partial charge >= 0.3 is 0 Å². The van der Waals surface area contributed by atoms with Gasteiger partial charge in [0.15, 0.2) is 5.82 Å². The molecule has 0 saturated heterocycles. The van der Waals surface area contributed by atoms with E-state index in [2.05, 4.69) is 15.5 Å². The van der Waals surface area contributed by atoms with Crippen molar-refractivity contribution in [2.45, 2.75) is 20.3 Å². The third-order valence-corrected chi connectivity index (χ3v) is 2.26. The van der Waals surface area contributed by atoms with Gasteiger partial charge in [-0.05, 0) is 42.0 Å². The van der Waals surface area contributed by atoms with Crippen molar-refractivity contribution < 1.29 is 4.79 Å². The SMILES string of the molecule is CC(=O)Cc1ccc(-n2nnnc2C)cc1.